The second-order valence-electron chi connectivity index (χ2n) is 3.72. The van der Waals surface area contributed by atoms with E-state index in [1.165, 1.54) is 5.56 Å². The van der Waals surface area contributed by atoms with Crippen molar-refractivity contribution < 1.29 is 5.11 Å². The summed E-state index contributed by atoms with van der Waals surface area (Å²) in [4.78, 5) is 0. The number of hydrogen-bond acceptors (Lipinski definition) is 1. The first kappa shape index (κ1) is 11.3. The molecule has 1 rings (SSSR count). The molecule has 0 aliphatic rings. The molecule has 0 amide bonds. The normalized spacial score (nSPS) is 12.8. The summed E-state index contributed by atoms with van der Waals surface area (Å²) in [7, 11) is 0. The van der Waals surface area contributed by atoms with Crippen molar-refractivity contribution in [1.29, 1.82) is 0 Å². The fourth-order valence-electron chi connectivity index (χ4n) is 1.63. The van der Waals surface area contributed by atoms with E-state index in [2.05, 4.69) is 6.92 Å². The molecule has 1 aromatic rings. The largest absolute Gasteiger partial charge is 0.388 e. The minimum absolute atomic E-state index is 0.303. The van der Waals surface area contributed by atoms with Crippen molar-refractivity contribution in [2.75, 3.05) is 0 Å². The molecule has 0 aliphatic heterocycles. The lowest BCUT2D eigenvalue weighted by molar-refractivity contribution is 0.163. The van der Waals surface area contributed by atoms with Gasteiger partial charge in [-0.3, -0.25) is 0 Å². The maximum Gasteiger partial charge on any atom is 0.0792 e. The number of aryl methyl sites for hydroxylation is 1. The van der Waals surface area contributed by atoms with E-state index in [1.54, 1.807) is 0 Å². The lowest BCUT2D eigenvalue weighted by Gasteiger charge is -2.12. The Morgan fingerprint density at radius 1 is 1.29 bits per heavy atom. The van der Waals surface area contributed by atoms with E-state index >= 15 is 0 Å². The van der Waals surface area contributed by atoms with Crippen LogP contribution in [0.5, 0.6) is 0 Å². The summed E-state index contributed by atoms with van der Waals surface area (Å²) in [5.74, 6) is 0. The highest BCUT2D eigenvalue weighted by molar-refractivity contribution is 5.27. The van der Waals surface area contributed by atoms with Crippen LogP contribution in [0.3, 0.4) is 0 Å². The van der Waals surface area contributed by atoms with E-state index in [9.17, 15) is 5.11 Å². The van der Waals surface area contributed by atoms with Crippen molar-refractivity contribution in [3.8, 4) is 0 Å². The van der Waals surface area contributed by atoms with Crippen molar-refractivity contribution in [2.24, 2.45) is 0 Å². The van der Waals surface area contributed by atoms with Gasteiger partial charge in [-0.25, -0.2) is 0 Å². The van der Waals surface area contributed by atoms with Crippen molar-refractivity contribution in [2.45, 2.75) is 38.7 Å². The Kier molecular flexibility index (Phi) is 4.68. The first-order valence-electron chi connectivity index (χ1n) is 5.28. The molecule has 0 fully saturated rings. The van der Waals surface area contributed by atoms with Crippen LogP contribution in [0.25, 0.3) is 0 Å². The first-order chi connectivity index (χ1) is 6.75. The molecule has 77 valence electrons. The Morgan fingerprint density at radius 2 is 2.00 bits per heavy atom. The van der Waals surface area contributed by atoms with Crippen LogP contribution >= 0.6 is 0 Å². The highest BCUT2D eigenvalue weighted by Crippen LogP contribution is 2.22. The fourth-order valence-corrected chi connectivity index (χ4v) is 1.63. The van der Waals surface area contributed by atoms with Gasteiger partial charge in [-0.2, -0.15) is 0 Å². The maximum absolute atomic E-state index is 9.91. The van der Waals surface area contributed by atoms with Gasteiger partial charge < -0.3 is 5.11 Å². The Bertz CT molecular complexity index is 268. The van der Waals surface area contributed by atoms with Gasteiger partial charge in [0.2, 0.25) is 0 Å². The van der Waals surface area contributed by atoms with E-state index in [-0.39, 0.29) is 6.10 Å². The van der Waals surface area contributed by atoms with Gasteiger partial charge in [-0.1, -0.05) is 50.5 Å². The zero-order valence-corrected chi connectivity index (χ0v) is 8.87. The van der Waals surface area contributed by atoms with E-state index < -0.39 is 0 Å². The van der Waals surface area contributed by atoms with E-state index in [1.807, 2.05) is 31.2 Å². The fraction of sp³-hybridized carbons (Fsp3) is 0.462. The zero-order valence-electron chi connectivity index (χ0n) is 8.87. The number of unbranched alkanes of at least 4 members (excludes halogenated alkanes) is 2. The van der Waals surface area contributed by atoms with Gasteiger partial charge in [0.15, 0.2) is 0 Å². The highest BCUT2D eigenvalue weighted by atomic mass is 16.3. The van der Waals surface area contributed by atoms with Crippen LogP contribution in [0.15, 0.2) is 24.3 Å². The molecule has 1 aromatic carbocycles. The summed E-state index contributed by atoms with van der Waals surface area (Å²) in [5, 5.41) is 9.91. The van der Waals surface area contributed by atoms with Crippen LogP contribution in [-0.4, -0.2) is 5.11 Å². The van der Waals surface area contributed by atoms with Crippen LogP contribution in [0.2, 0.25) is 0 Å². The van der Waals surface area contributed by atoms with Crippen LogP contribution in [0, 0.1) is 13.8 Å². The molecule has 0 aliphatic carbocycles. The molecule has 1 N–H and O–H groups in total. The SMILES string of the molecule is [CH2]CCCCC(O)c1ccccc1C. The molecule has 1 unspecified atom stereocenters. The van der Waals surface area contributed by atoms with Gasteiger partial charge in [-0.05, 0) is 24.5 Å². The summed E-state index contributed by atoms with van der Waals surface area (Å²) < 4.78 is 0. The molecule has 0 heterocycles. The summed E-state index contributed by atoms with van der Waals surface area (Å²) in [6.07, 6.45) is 3.66. The average Bonchev–Trinajstić information content (AvgIpc) is 2.18. The van der Waals surface area contributed by atoms with Gasteiger partial charge in [0, 0.05) is 0 Å². The second-order valence-corrected chi connectivity index (χ2v) is 3.72. The van der Waals surface area contributed by atoms with Gasteiger partial charge in [0.1, 0.15) is 0 Å². The molecular formula is C13H19O. The molecule has 1 nitrogen and oxygen atoms in total. The molecule has 0 saturated heterocycles. The van der Waals surface area contributed by atoms with E-state index in [0.717, 1.165) is 31.2 Å². The van der Waals surface area contributed by atoms with Crippen LogP contribution in [-0.2, 0) is 0 Å². The topological polar surface area (TPSA) is 20.2 Å². The van der Waals surface area contributed by atoms with Gasteiger partial charge in [-0.15, -0.1) is 0 Å². The van der Waals surface area contributed by atoms with Crippen molar-refractivity contribution in [3.63, 3.8) is 0 Å². The number of benzene rings is 1. The number of hydrogen-bond donors (Lipinski definition) is 1. The van der Waals surface area contributed by atoms with Crippen LogP contribution < -0.4 is 0 Å². The summed E-state index contributed by atoms with van der Waals surface area (Å²) in [6, 6.07) is 8.03. The first-order valence-corrected chi connectivity index (χ1v) is 5.28. The third kappa shape index (κ3) is 3.15. The van der Waals surface area contributed by atoms with Crippen LogP contribution in [0.4, 0.5) is 0 Å². The minimum atomic E-state index is -0.303. The summed E-state index contributed by atoms with van der Waals surface area (Å²) >= 11 is 0. The van der Waals surface area contributed by atoms with Gasteiger partial charge >= 0.3 is 0 Å². The summed E-state index contributed by atoms with van der Waals surface area (Å²) in [6.45, 7) is 5.83. The summed E-state index contributed by atoms with van der Waals surface area (Å²) in [5.41, 5.74) is 2.24. The number of aliphatic hydroxyl groups excluding tert-OH is 1. The molecule has 1 heteroatoms. The zero-order chi connectivity index (χ0) is 10.4. The van der Waals surface area contributed by atoms with Crippen molar-refractivity contribution in [1.82, 2.24) is 0 Å². The van der Waals surface area contributed by atoms with Gasteiger partial charge in [0.05, 0.1) is 6.10 Å². The quantitative estimate of drug-likeness (QED) is 0.707. The molecular weight excluding hydrogens is 172 g/mol. The number of rotatable bonds is 5. The monoisotopic (exact) mass is 191 g/mol. The second kappa shape index (κ2) is 5.82. The molecule has 14 heavy (non-hydrogen) atoms. The Labute approximate surface area is 86.8 Å². The van der Waals surface area contributed by atoms with E-state index in [4.69, 9.17) is 0 Å². The third-order valence-electron chi connectivity index (χ3n) is 2.53. The molecule has 0 aromatic heterocycles. The van der Waals surface area contributed by atoms with Crippen molar-refractivity contribution in [3.05, 3.63) is 42.3 Å². The molecule has 0 saturated carbocycles. The minimum Gasteiger partial charge on any atom is -0.388 e. The standard InChI is InChI=1S/C13H19O/c1-3-4-5-10-13(14)12-9-7-6-8-11(12)2/h6-9,13-14H,1,3-5,10H2,2H3. The molecule has 1 radical (unpaired) electrons. The Hall–Kier alpha value is -0.820. The van der Waals surface area contributed by atoms with Crippen molar-refractivity contribution >= 4 is 0 Å². The third-order valence-corrected chi connectivity index (χ3v) is 2.53. The predicted molar refractivity (Wildman–Crippen MR) is 60.0 cm³/mol. The smallest absolute Gasteiger partial charge is 0.0792 e. The highest BCUT2D eigenvalue weighted by Gasteiger charge is 2.08. The van der Waals surface area contributed by atoms with Crippen LogP contribution in [0.1, 0.15) is 42.9 Å². The lowest BCUT2D eigenvalue weighted by Crippen LogP contribution is -1.99. The number of aliphatic hydroxyl groups is 1. The van der Waals surface area contributed by atoms with E-state index in [0.29, 0.717) is 0 Å². The Balaban J connectivity index is 2.51. The lowest BCUT2D eigenvalue weighted by atomic mass is 9.99. The average molecular weight is 191 g/mol. The van der Waals surface area contributed by atoms with Gasteiger partial charge in [0.25, 0.3) is 0 Å². The maximum atomic E-state index is 9.91. The molecule has 0 spiro atoms. The molecule has 0 bridgehead atoms. The molecule has 1 atom stereocenters. The Morgan fingerprint density at radius 3 is 2.64 bits per heavy atom. The predicted octanol–water partition coefficient (Wildman–Crippen LogP) is 3.42.